The lowest BCUT2D eigenvalue weighted by molar-refractivity contribution is 0.0527. The van der Waals surface area contributed by atoms with Gasteiger partial charge in [-0.1, -0.05) is 22.4 Å². The highest BCUT2D eigenvalue weighted by Crippen LogP contribution is 2.28. The average molecular weight is 410 g/mol. The molecule has 2 saturated heterocycles. The molecule has 0 bridgehead atoms. The smallest absolute Gasteiger partial charge is 0.340 e. The molecule has 2 fully saturated rings. The van der Waals surface area contributed by atoms with E-state index in [2.05, 4.69) is 25.7 Å². The Morgan fingerprint density at radius 1 is 1.28 bits per heavy atom. The Balaban J connectivity index is 1.63. The van der Waals surface area contributed by atoms with Gasteiger partial charge in [0.15, 0.2) is 0 Å². The van der Waals surface area contributed by atoms with Crippen LogP contribution in [0.1, 0.15) is 48.5 Å². The van der Waals surface area contributed by atoms with Crippen LogP contribution in [0.4, 0.5) is 5.69 Å². The Labute approximate surface area is 158 Å². The van der Waals surface area contributed by atoms with E-state index >= 15 is 0 Å². The van der Waals surface area contributed by atoms with Gasteiger partial charge in [0.2, 0.25) is 0 Å². The number of rotatable bonds is 5. The van der Waals surface area contributed by atoms with Crippen LogP contribution in [0.15, 0.2) is 16.6 Å². The van der Waals surface area contributed by atoms with Crippen molar-refractivity contribution in [3.05, 3.63) is 27.7 Å². The van der Waals surface area contributed by atoms with Gasteiger partial charge in [0.25, 0.3) is 0 Å². The minimum absolute atomic E-state index is 0.351. The van der Waals surface area contributed by atoms with Crippen LogP contribution in [-0.2, 0) is 11.3 Å². The molecule has 2 N–H and O–H groups in total. The molecule has 5 nitrogen and oxygen atoms in total. The molecular weight excluding hydrogens is 382 g/mol. The van der Waals surface area contributed by atoms with E-state index in [4.69, 9.17) is 10.5 Å². The average Bonchev–Trinajstić information content (AvgIpc) is 3.07. The number of hydrogen-bond donors (Lipinski definition) is 1. The van der Waals surface area contributed by atoms with Crippen LogP contribution in [0.5, 0.6) is 0 Å². The van der Waals surface area contributed by atoms with Gasteiger partial charge < -0.3 is 10.5 Å². The van der Waals surface area contributed by atoms with E-state index in [1.54, 1.807) is 13.0 Å². The molecule has 1 aromatic rings. The second-order valence-electron chi connectivity index (χ2n) is 7.03. The van der Waals surface area contributed by atoms with Crippen molar-refractivity contribution in [1.29, 1.82) is 0 Å². The number of hydrogen-bond acceptors (Lipinski definition) is 5. The first-order valence-electron chi connectivity index (χ1n) is 9.30. The molecule has 0 saturated carbocycles. The quantitative estimate of drug-likeness (QED) is 0.597. The Hall–Kier alpha value is -1.11. The molecule has 2 aliphatic rings. The fourth-order valence-corrected chi connectivity index (χ4v) is 4.39. The van der Waals surface area contributed by atoms with Gasteiger partial charge in [-0.25, -0.2) is 4.79 Å². The molecule has 2 aliphatic heterocycles. The predicted molar refractivity (Wildman–Crippen MR) is 104 cm³/mol. The number of nitrogens with zero attached hydrogens (tertiary/aromatic N) is 2. The van der Waals surface area contributed by atoms with E-state index in [1.165, 1.54) is 38.8 Å². The molecule has 1 atom stereocenters. The Morgan fingerprint density at radius 2 is 2.04 bits per heavy atom. The summed E-state index contributed by atoms with van der Waals surface area (Å²) in [7, 11) is 0. The molecule has 0 amide bonds. The summed E-state index contributed by atoms with van der Waals surface area (Å²) in [6, 6.07) is 4.39. The highest BCUT2D eigenvalue weighted by Gasteiger charge is 2.28. The molecule has 6 heteroatoms. The normalized spacial score (nSPS) is 22.2. The monoisotopic (exact) mass is 409 g/mol. The van der Waals surface area contributed by atoms with E-state index in [-0.39, 0.29) is 5.97 Å². The Kier molecular flexibility index (Phi) is 6.36. The van der Waals surface area contributed by atoms with Crippen molar-refractivity contribution >= 4 is 27.6 Å². The molecule has 1 unspecified atom stereocenters. The zero-order valence-corrected chi connectivity index (χ0v) is 16.6. The number of esters is 1. The van der Waals surface area contributed by atoms with Crippen LogP contribution in [0.25, 0.3) is 0 Å². The maximum absolute atomic E-state index is 12.0. The van der Waals surface area contributed by atoms with Crippen molar-refractivity contribution in [1.82, 2.24) is 9.80 Å². The first kappa shape index (κ1) is 18.7. The highest BCUT2D eigenvalue weighted by atomic mass is 79.9. The summed E-state index contributed by atoms with van der Waals surface area (Å²) in [6.07, 6.45) is 5.31. The number of carbonyl (C=O) groups is 1. The molecule has 0 spiro atoms. The van der Waals surface area contributed by atoms with Gasteiger partial charge in [0.1, 0.15) is 0 Å². The molecule has 0 radical (unpaired) electrons. The van der Waals surface area contributed by atoms with E-state index < -0.39 is 0 Å². The zero-order valence-electron chi connectivity index (χ0n) is 15.0. The molecule has 2 heterocycles. The van der Waals surface area contributed by atoms with Crippen molar-refractivity contribution in [3.63, 3.8) is 0 Å². The van der Waals surface area contributed by atoms with Gasteiger partial charge in [-0.15, -0.1) is 0 Å². The van der Waals surface area contributed by atoms with Crippen LogP contribution in [0.2, 0.25) is 0 Å². The number of halogens is 1. The standard InChI is InChI=1S/C19H28BrN3O2/c1-2-25-19(24)16-11-17(20)14(10-18(16)21)12-22-9-6-15(13-22)23-7-4-3-5-8-23/h10-11,15H,2-9,12-13,21H2,1H3. The number of piperidine rings is 1. The summed E-state index contributed by atoms with van der Waals surface area (Å²) >= 11 is 3.60. The summed E-state index contributed by atoms with van der Waals surface area (Å²) in [5.41, 5.74) is 8.15. The van der Waals surface area contributed by atoms with Gasteiger partial charge in [-0.3, -0.25) is 9.80 Å². The fourth-order valence-electron chi connectivity index (χ4n) is 3.92. The third-order valence-electron chi connectivity index (χ3n) is 5.26. The predicted octanol–water partition coefficient (Wildman–Crippen LogP) is 3.27. The van der Waals surface area contributed by atoms with Crippen molar-refractivity contribution in [3.8, 4) is 0 Å². The second kappa shape index (κ2) is 8.52. The summed E-state index contributed by atoms with van der Waals surface area (Å²) in [5, 5.41) is 0. The molecule has 3 rings (SSSR count). The van der Waals surface area contributed by atoms with E-state index in [9.17, 15) is 4.79 Å². The van der Waals surface area contributed by atoms with Gasteiger partial charge in [-0.2, -0.15) is 0 Å². The van der Waals surface area contributed by atoms with Crippen molar-refractivity contribution in [2.45, 2.75) is 45.2 Å². The zero-order chi connectivity index (χ0) is 17.8. The molecule has 25 heavy (non-hydrogen) atoms. The van der Waals surface area contributed by atoms with Crippen molar-refractivity contribution in [2.75, 3.05) is 38.5 Å². The molecule has 0 aliphatic carbocycles. The number of nitrogens with two attached hydrogens (primary N) is 1. The largest absolute Gasteiger partial charge is 0.462 e. The first-order valence-corrected chi connectivity index (χ1v) is 10.1. The molecular formula is C19H28BrN3O2. The first-order chi connectivity index (χ1) is 12.1. The maximum atomic E-state index is 12.0. The molecule has 138 valence electrons. The number of ether oxygens (including phenoxy) is 1. The fraction of sp³-hybridized carbons (Fsp3) is 0.632. The maximum Gasteiger partial charge on any atom is 0.340 e. The number of likely N-dealkylation sites (tertiary alicyclic amines) is 2. The van der Waals surface area contributed by atoms with E-state index in [0.29, 0.717) is 23.9 Å². The topological polar surface area (TPSA) is 58.8 Å². The van der Waals surface area contributed by atoms with Gasteiger partial charge >= 0.3 is 5.97 Å². The van der Waals surface area contributed by atoms with Gasteiger partial charge in [0, 0.05) is 35.8 Å². The lowest BCUT2D eigenvalue weighted by Crippen LogP contribution is -2.40. The lowest BCUT2D eigenvalue weighted by atomic mass is 10.1. The third kappa shape index (κ3) is 4.54. The number of carbonyl (C=O) groups excluding carboxylic acids is 1. The van der Waals surface area contributed by atoms with Crippen molar-refractivity contribution in [2.24, 2.45) is 0 Å². The third-order valence-corrected chi connectivity index (χ3v) is 6.00. The van der Waals surface area contributed by atoms with E-state index in [0.717, 1.165) is 29.7 Å². The summed E-state index contributed by atoms with van der Waals surface area (Å²) in [6.45, 7) is 7.75. The van der Waals surface area contributed by atoms with Crippen LogP contribution in [0, 0.1) is 0 Å². The van der Waals surface area contributed by atoms with Crippen molar-refractivity contribution < 1.29 is 9.53 Å². The number of anilines is 1. The summed E-state index contributed by atoms with van der Waals surface area (Å²) in [5.74, 6) is -0.362. The van der Waals surface area contributed by atoms with E-state index in [1.807, 2.05) is 6.07 Å². The van der Waals surface area contributed by atoms with Crippen LogP contribution < -0.4 is 5.73 Å². The van der Waals surface area contributed by atoms with Gasteiger partial charge in [0.05, 0.1) is 12.2 Å². The second-order valence-corrected chi connectivity index (χ2v) is 7.88. The van der Waals surface area contributed by atoms with Crippen LogP contribution in [-0.4, -0.2) is 54.6 Å². The highest BCUT2D eigenvalue weighted by molar-refractivity contribution is 9.10. The molecule has 0 aromatic heterocycles. The summed E-state index contributed by atoms with van der Waals surface area (Å²) < 4.78 is 5.98. The van der Waals surface area contributed by atoms with Crippen LogP contribution in [0.3, 0.4) is 0 Å². The Bertz CT molecular complexity index is 617. The minimum atomic E-state index is -0.362. The molecule has 1 aromatic carbocycles. The summed E-state index contributed by atoms with van der Waals surface area (Å²) in [4.78, 5) is 17.1. The Morgan fingerprint density at radius 3 is 2.76 bits per heavy atom. The number of benzene rings is 1. The van der Waals surface area contributed by atoms with Crippen LogP contribution >= 0.6 is 15.9 Å². The lowest BCUT2D eigenvalue weighted by Gasteiger charge is -2.32. The number of nitrogen functional groups attached to an aromatic ring is 1. The SMILES string of the molecule is CCOC(=O)c1cc(Br)c(CN2CCC(N3CCCCC3)C2)cc1N. The minimum Gasteiger partial charge on any atom is -0.462 e. The van der Waals surface area contributed by atoms with Gasteiger partial charge in [-0.05, 0) is 57.0 Å².